The van der Waals surface area contributed by atoms with Gasteiger partial charge >= 0.3 is 0 Å². The standard InChI is InChI=1S/C17H17N3OS/c18-10-14(16(21)11-20-8-4-5-9-20)17-19-15(12-22-17)13-6-2-1-3-7-13/h1-3,6-7,12,21H,4-5,8-9,11H2. The number of thiazole rings is 1. The van der Waals surface area contributed by atoms with Gasteiger partial charge in [-0.25, -0.2) is 4.98 Å². The maximum atomic E-state index is 10.3. The summed E-state index contributed by atoms with van der Waals surface area (Å²) in [6, 6.07) is 12.0. The van der Waals surface area contributed by atoms with Crippen molar-refractivity contribution in [3.8, 4) is 17.3 Å². The first-order valence-electron chi connectivity index (χ1n) is 7.34. The Morgan fingerprint density at radius 3 is 2.68 bits per heavy atom. The van der Waals surface area contributed by atoms with Crippen molar-refractivity contribution in [1.29, 1.82) is 5.26 Å². The first kappa shape index (κ1) is 14.8. The topological polar surface area (TPSA) is 60.1 Å². The Labute approximate surface area is 134 Å². The summed E-state index contributed by atoms with van der Waals surface area (Å²) in [5, 5.41) is 22.2. The van der Waals surface area contributed by atoms with Gasteiger partial charge in [0.05, 0.1) is 12.2 Å². The lowest BCUT2D eigenvalue weighted by atomic mass is 10.2. The molecule has 0 amide bonds. The van der Waals surface area contributed by atoms with Crippen LogP contribution in [0.4, 0.5) is 0 Å². The van der Waals surface area contributed by atoms with E-state index in [0.29, 0.717) is 17.1 Å². The molecule has 3 rings (SSSR count). The lowest BCUT2D eigenvalue weighted by Gasteiger charge is -2.14. The lowest BCUT2D eigenvalue weighted by molar-refractivity contribution is 0.293. The van der Waals surface area contributed by atoms with Gasteiger partial charge in [-0.2, -0.15) is 5.26 Å². The van der Waals surface area contributed by atoms with Gasteiger partial charge in [0.25, 0.3) is 0 Å². The monoisotopic (exact) mass is 311 g/mol. The van der Waals surface area contributed by atoms with Crippen LogP contribution in [0.25, 0.3) is 16.8 Å². The number of aromatic nitrogens is 1. The Balaban J connectivity index is 1.85. The fraction of sp³-hybridized carbons (Fsp3) is 0.294. The van der Waals surface area contributed by atoms with E-state index in [4.69, 9.17) is 0 Å². The van der Waals surface area contributed by atoms with E-state index >= 15 is 0 Å². The third-order valence-electron chi connectivity index (χ3n) is 3.76. The second-order valence-corrected chi connectivity index (χ2v) is 6.18. The number of aliphatic hydroxyl groups is 1. The highest BCUT2D eigenvalue weighted by atomic mass is 32.1. The third kappa shape index (κ3) is 3.19. The van der Waals surface area contributed by atoms with Gasteiger partial charge in [0.1, 0.15) is 22.4 Å². The van der Waals surface area contributed by atoms with Gasteiger partial charge < -0.3 is 5.11 Å². The van der Waals surface area contributed by atoms with Crippen molar-refractivity contribution < 1.29 is 5.11 Å². The molecule has 1 aromatic carbocycles. The fourth-order valence-electron chi connectivity index (χ4n) is 2.60. The molecule has 2 aromatic rings. The average molecular weight is 311 g/mol. The molecular formula is C17H17N3OS. The minimum absolute atomic E-state index is 0.123. The minimum atomic E-state index is 0.123. The summed E-state index contributed by atoms with van der Waals surface area (Å²) < 4.78 is 0. The smallest absolute Gasteiger partial charge is 0.138 e. The fourth-order valence-corrected chi connectivity index (χ4v) is 3.44. The Kier molecular flexibility index (Phi) is 4.52. The number of aliphatic hydroxyl groups excluding tert-OH is 1. The highest BCUT2D eigenvalue weighted by Crippen LogP contribution is 2.27. The van der Waals surface area contributed by atoms with Gasteiger partial charge in [0.15, 0.2) is 0 Å². The van der Waals surface area contributed by atoms with Gasteiger partial charge in [0, 0.05) is 10.9 Å². The summed E-state index contributed by atoms with van der Waals surface area (Å²) in [4.78, 5) is 6.67. The van der Waals surface area contributed by atoms with Crippen LogP contribution in [0.15, 0.2) is 41.5 Å². The van der Waals surface area contributed by atoms with Crippen LogP contribution in [0, 0.1) is 11.3 Å². The number of hydrogen-bond acceptors (Lipinski definition) is 5. The van der Waals surface area contributed by atoms with Crippen molar-refractivity contribution in [3.05, 3.63) is 46.5 Å². The van der Waals surface area contributed by atoms with E-state index in [1.165, 1.54) is 11.3 Å². The van der Waals surface area contributed by atoms with Crippen LogP contribution in [0.2, 0.25) is 0 Å². The highest BCUT2D eigenvalue weighted by molar-refractivity contribution is 7.11. The summed E-state index contributed by atoms with van der Waals surface area (Å²) >= 11 is 1.39. The van der Waals surface area contributed by atoms with E-state index in [9.17, 15) is 10.4 Å². The van der Waals surface area contributed by atoms with E-state index in [-0.39, 0.29) is 5.76 Å². The lowest BCUT2D eigenvalue weighted by Crippen LogP contribution is -2.22. The Morgan fingerprint density at radius 1 is 1.27 bits per heavy atom. The van der Waals surface area contributed by atoms with Crippen LogP contribution >= 0.6 is 11.3 Å². The zero-order valence-electron chi connectivity index (χ0n) is 12.2. The molecule has 0 bridgehead atoms. The molecule has 1 saturated heterocycles. The largest absolute Gasteiger partial charge is 0.509 e. The van der Waals surface area contributed by atoms with Crippen LogP contribution in [-0.2, 0) is 0 Å². The van der Waals surface area contributed by atoms with Gasteiger partial charge in [-0.1, -0.05) is 30.3 Å². The van der Waals surface area contributed by atoms with Crippen molar-refractivity contribution >= 4 is 16.9 Å². The van der Waals surface area contributed by atoms with Crippen molar-refractivity contribution in [2.75, 3.05) is 19.6 Å². The molecule has 112 valence electrons. The predicted octanol–water partition coefficient (Wildman–Crippen LogP) is 3.70. The molecule has 4 nitrogen and oxygen atoms in total. The zero-order chi connectivity index (χ0) is 15.4. The number of allylic oxidation sites excluding steroid dienone is 1. The molecule has 0 unspecified atom stereocenters. The molecule has 22 heavy (non-hydrogen) atoms. The number of likely N-dealkylation sites (tertiary alicyclic amines) is 1. The Hall–Kier alpha value is -2.16. The molecule has 0 saturated carbocycles. The van der Waals surface area contributed by atoms with Crippen molar-refractivity contribution in [1.82, 2.24) is 9.88 Å². The molecule has 0 aliphatic carbocycles. The molecule has 1 N–H and O–H groups in total. The number of hydrogen-bond donors (Lipinski definition) is 1. The molecule has 0 atom stereocenters. The van der Waals surface area contributed by atoms with E-state index in [1.54, 1.807) is 0 Å². The van der Waals surface area contributed by atoms with Crippen LogP contribution < -0.4 is 0 Å². The number of nitriles is 1. The van der Waals surface area contributed by atoms with E-state index < -0.39 is 0 Å². The number of nitrogens with zero attached hydrogens (tertiary/aromatic N) is 3. The summed E-state index contributed by atoms with van der Waals surface area (Å²) in [6.07, 6.45) is 2.31. The second-order valence-electron chi connectivity index (χ2n) is 5.32. The molecule has 0 spiro atoms. The summed E-state index contributed by atoms with van der Waals surface area (Å²) in [6.45, 7) is 2.40. The van der Waals surface area contributed by atoms with Crippen LogP contribution in [0.3, 0.4) is 0 Å². The highest BCUT2D eigenvalue weighted by Gasteiger charge is 2.18. The van der Waals surface area contributed by atoms with E-state index in [0.717, 1.165) is 37.2 Å². The van der Waals surface area contributed by atoms with Crippen molar-refractivity contribution in [3.63, 3.8) is 0 Å². The zero-order valence-corrected chi connectivity index (χ0v) is 13.0. The minimum Gasteiger partial charge on any atom is -0.509 e. The molecule has 1 aliphatic rings. The van der Waals surface area contributed by atoms with E-state index in [2.05, 4.69) is 16.0 Å². The van der Waals surface area contributed by atoms with Gasteiger partial charge in [-0.05, 0) is 25.9 Å². The van der Waals surface area contributed by atoms with Crippen LogP contribution in [0.1, 0.15) is 17.8 Å². The van der Waals surface area contributed by atoms with Crippen molar-refractivity contribution in [2.24, 2.45) is 0 Å². The molecule has 0 radical (unpaired) electrons. The normalized spacial score (nSPS) is 16.3. The number of rotatable bonds is 4. The molecular weight excluding hydrogens is 294 g/mol. The van der Waals surface area contributed by atoms with Gasteiger partial charge in [0.2, 0.25) is 0 Å². The molecule has 5 heteroatoms. The van der Waals surface area contributed by atoms with Crippen molar-refractivity contribution in [2.45, 2.75) is 12.8 Å². The predicted molar refractivity (Wildman–Crippen MR) is 88.4 cm³/mol. The average Bonchev–Trinajstić information content (AvgIpc) is 3.21. The quantitative estimate of drug-likeness (QED) is 0.691. The maximum Gasteiger partial charge on any atom is 0.138 e. The first-order valence-corrected chi connectivity index (χ1v) is 8.22. The molecule has 2 heterocycles. The first-order chi connectivity index (χ1) is 10.8. The van der Waals surface area contributed by atoms with E-state index in [1.807, 2.05) is 35.7 Å². The molecule has 1 fully saturated rings. The summed E-state index contributed by atoms with van der Waals surface area (Å²) in [5.41, 5.74) is 2.14. The second kappa shape index (κ2) is 6.73. The van der Waals surface area contributed by atoms with Gasteiger partial charge in [-0.15, -0.1) is 11.3 Å². The maximum absolute atomic E-state index is 10.3. The van der Waals surface area contributed by atoms with Crippen LogP contribution in [0.5, 0.6) is 0 Å². The molecule has 1 aliphatic heterocycles. The van der Waals surface area contributed by atoms with Crippen LogP contribution in [-0.4, -0.2) is 34.6 Å². The number of benzene rings is 1. The van der Waals surface area contributed by atoms with Gasteiger partial charge in [-0.3, -0.25) is 4.90 Å². The SMILES string of the molecule is N#CC(=C(O)CN1CCCC1)c1nc(-c2ccccc2)cs1. The summed E-state index contributed by atoms with van der Waals surface area (Å²) in [7, 11) is 0. The Bertz CT molecular complexity index is 709. The summed E-state index contributed by atoms with van der Waals surface area (Å²) in [5.74, 6) is 0.123. The Morgan fingerprint density at radius 2 is 2.00 bits per heavy atom. The third-order valence-corrected chi connectivity index (χ3v) is 4.62. The molecule has 1 aromatic heterocycles.